The molecule has 0 saturated heterocycles. The Morgan fingerprint density at radius 3 is 2.33 bits per heavy atom. The summed E-state index contributed by atoms with van der Waals surface area (Å²) < 4.78 is 25.2. The first kappa shape index (κ1) is 10.5. The van der Waals surface area contributed by atoms with Gasteiger partial charge in [0.25, 0.3) is 0 Å². The van der Waals surface area contributed by atoms with Crippen LogP contribution in [-0.2, 0) is 4.79 Å². The van der Waals surface area contributed by atoms with Gasteiger partial charge in [0, 0.05) is 18.8 Å². The van der Waals surface area contributed by atoms with Crippen LogP contribution in [0.25, 0.3) is 0 Å². The van der Waals surface area contributed by atoms with Gasteiger partial charge in [-0.25, -0.2) is 8.78 Å². The third-order valence-electron chi connectivity index (χ3n) is 3.56. The molecule has 0 aromatic carbocycles. The van der Waals surface area contributed by atoms with Crippen LogP contribution in [0.5, 0.6) is 0 Å². The molecule has 1 atom stereocenters. The number of hydrogen-bond acceptors (Lipinski definition) is 2. The maximum Gasteiger partial charge on any atom is 0.249 e. The lowest BCUT2D eigenvalue weighted by Crippen LogP contribution is -2.44. The van der Waals surface area contributed by atoms with Crippen LogP contribution in [0.4, 0.5) is 8.78 Å². The molecular formula is C11H13F2NO. The first-order valence-corrected chi connectivity index (χ1v) is 5.35. The summed E-state index contributed by atoms with van der Waals surface area (Å²) in [5.74, 6) is -3.96. The van der Waals surface area contributed by atoms with Gasteiger partial charge in [-0.05, 0) is 18.8 Å². The van der Waals surface area contributed by atoms with Crippen molar-refractivity contribution in [1.82, 2.24) is 0 Å². The third kappa shape index (κ3) is 1.88. The molecule has 0 aliphatic heterocycles. The molecule has 2 fully saturated rings. The quantitative estimate of drug-likeness (QED) is 0.722. The van der Waals surface area contributed by atoms with E-state index in [9.17, 15) is 13.6 Å². The Balaban J connectivity index is 1.92. The summed E-state index contributed by atoms with van der Waals surface area (Å²) in [6.45, 7) is 0. The fourth-order valence-electron chi connectivity index (χ4n) is 2.29. The standard InChI is InChI=1S/C11H13F2NO/c12-11(13)4-8(5-11)10(15)9(6-14)7-2-1-3-7/h7-9H,1-5H2. The highest BCUT2D eigenvalue weighted by molar-refractivity contribution is 5.87. The smallest absolute Gasteiger partial charge is 0.249 e. The van der Waals surface area contributed by atoms with Gasteiger partial charge in [-0.15, -0.1) is 0 Å². The van der Waals surface area contributed by atoms with Crippen molar-refractivity contribution in [3.05, 3.63) is 0 Å². The second-order valence-corrected chi connectivity index (χ2v) is 4.66. The van der Waals surface area contributed by atoms with Crippen LogP contribution in [0.2, 0.25) is 0 Å². The Morgan fingerprint density at radius 1 is 1.40 bits per heavy atom. The number of ketones is 1. The van der Waals surface area contributed by atoms with Crippen molar-refractivity contribution in [3.8, 4) is 6.07 Å². The highest BCUT2D eigenvalue weighted by Crippen LogP contribution is 2.45. The van der Waals surface area contributed by atoms with E-state index in [4.69, 9.17) is 5.26 Å². The molecule has 0 N–H and O–H groups in total. The zero-order chi connectivity index (χ0) is 11.1. The molecule has 82 valence electrons. The van der Waals surface area contributed by atoms with Gasteiger partial charge in [-0.2, -0.15) is 5.26 Å². The number of carbonyl (C=O) groups excluding carboxylic acids is 1. The van der Waals surface area contributed by atoms with E-state index in [0.717, 1.165) is 19.3 Å². The van der Waals surface area contributed by atoms with Crippen molar-refractivity contribution < 1.29 is 13.6 Å². The van der Waals surface area contributed by atoms with Gasteiger partial charge in [-0.1, -0.05) is 6.42 Å². The fraction of sp³-hybridized carbons (Fsp3) is 0.818. The second-order valence-electron chi connectivity index (χ2n) is 4.66. The fourth-order valence-corrected chi connectivity index (χ4v) is 2.29. The molecule has 2 aliphatic rings. The summed E-state index contributed by atoms with van der Waals surface area (Å²) in [5, 5.41) is 8.87. The maximum absolute atomic E-state index is 12.6. The van der Waals surface area contributed by atoms with Crippen molar-refractivity contribution in [2.24, 2.45) is 17.8 Å². The average Bonchev–Trinajstić information content (AvgIpc) is 2.05. The van der Waals surface area contributed by atoms with E-state index in [-0.39, 0.29) is 24.5 Å². The van der Waals surface area contributed by atoms with Crippen LogP contribution in [0.1, 0.15) is 32.1 Å². The van der Waals surface area contributed by atoms with Gasteiger partial charge in [0.05, 0.1) is 6.07 Å². The molecular weight excluding hydrogens is 200 g/mol. The monoisotopic (exact) mass is 213 g/mol. The number of rotatable bonds is 3. The third-order valence-corrected chi connectivity index (χ3v) is 3.56. The van der Waals surface area contributed by atoms with Crippen LogP contribution in [0.3, 0.4) is 0 Å². The molecule has 2 saturated carbocycles. The van der Waals surface area contributed by atoms with Gasteiger partial charge in [0.1, 0.15) is 5.92 Å². The number of nitriles is 1. The van der Waals surface area contributed by atoms with Crippen molar-refractivity contribution >= 4 is 5.78 Å². The van der Waals surface area contributed by atoms with Crippen LogP contribution in [0.15, 0.2) is 0 Å². The molecule has 15 heavy (non-hydrogen) atoms. The van der Waals surface area contributed by atoms with Crippen molar-refractivity contribution in [2.75, 3.05) is 0 Å². The molecule has 2 rings (SSSR count). The molecule has 0 heterocycles. The minimum absolute atomic E-state index is 0.136. The molecule has 0 spiro atoms. The molecule has 1 unspecified atom stereocenters. The lowest BCUT2D eigenvalue weighted by atomic mass is 9.68. The second kappa shape index (κ2) is 3.55. The highest BCUT2D eigenvalue weighted by Gasteiger charge is 2.51. The first-order chi connectivity index (χ1) is 7.03. The van der Waals surface area contributed by atoms with Crippen LogP contribution < -0.4 is 0 Å². The molecule has 2 nitrogen and oxygen atoms in total. The largest absolute Gasteiger partial charge is 0.298 e. The van der Waals surface area contributed by atoms with E-state index in [1.807, 2.05) is 6.07 Å². The Labute approximate surface area is 87.3 Å². The number of nitrogens with zero attached hydrogens (tertiary/aromatic N) is 1. The molecule has 0 amide bonds. The summed E-state index contributed by atoms with van der Waals surface area (Å²) in [5.41, 5.74) is 0. The Kier molecular flexibility index (Phi) is 2.49. The number of carbonyl (C=O) groups is 1. The lowest BCUT2D eigenvalue weighted by Gasteiger charge is -2.37. The topological polar surface area (TPSA) is 40.9 Å². The van der Waals surface area contributed by atoms with Gasteiger partial charge in [0.2, 0.25) is 5.92 Å². The van der Waals surface area contributed by atoms with Crippen molar-refractivity contribution in [3.63, 3.8) is 0 Å². The van der Waals surface area contributed by atoms with E-state index in [2.05, 4.69) is 0 Å². The van der Waals surface area contributed by atoms with Crippen LogP contribution >= 0.6 is 0 Å². The summed E-state index contributed by atoms with van der Waals surface area (Å²) >= 11 is 0. The predicted octanol–water partition coefficient (Wildman–Crippen LogP) is 2.54. The van der Waals surface area contributed by atoms with Gasteiger partial charge in [0.15, 0.2) is 5.78 Å². The van der Waals surface area contributed by atoms with Gasteiger partial charge >= 0.3 is 0 Å². The minimum Gasteiger partial charge on any atom is -0.298 e. The number of Topliss-reactive ketones (excluding diaryl/α,β-unsaturated/α-hetero) is 1. The molecule has 0 bridgehead atoms. The normalized spacial score (nSPS) is 27.3. The highest BCUT2D eigenvalue weighted by atomic mass is 19.3. The van der Waals surface area contributed by atoms with Crippen molar-refractivity contribution in [2.45, 2.75) is 38.0 Å². The zero-order valence-electron chi connectivity index (χ0n) is 8.38. The SMILES string of the molecule is N#CC(C(=O)C1CC(F)(F)C1)C1CCC1. The average molecular weight is 213 g/mol. The molecule has 4 heteroatoms. The van der Waals surface area contributed by atoms with Crippen molar-refractivity contribution in [1.29, 1.82) is 5.26 Å². The summed E-state index contributed by atoms with van der Waals surface area (Å²) in [6.07, 6.45) is 2.14. The summed E-state index contributed by atoms with van der Waals surface area (Å²) in [6, 6.07) is 1.99. The van der Waals surface area contributed by atoms with Crippen LogP contribution in [-0.4, -0.2) is 11.7 Å². The molecule has 0 radical (unpaired) electrons. The first-order valence-electron chi connectivity index (χ1n) is 5.35. The number of alkyl halides is 2. The Bertz CT molecular complexity index is 309. The summed E-state index contributed by atoms with van der Waals surface area (Å²) in [4.78, 5) is 11.7. The number of hydrogen-bond donors (Lipinski definition) is 0. The van der Waals surface area contributed by atoms with E-state index >= 15 is 0 Å². The van der Waals surface area contributed by atoms with Gasteiger partial charge < -0.3 is 0 Å². The maximum atomic E-state index is 12.6. The van der Waals surface area contributed by atoms with E-state index < -0.39 is 17.8 Å². The summed E-state index contributed by atoms with van der Waals surface area (Å²) in [7, 11) is 0. The predicted molar refractivity (Wildman–Crippen MR) is 49.1 cm³/mol. The molecule has 0 aromatic heterocycles. The van der Waals surface area contributed by atoms with Crippen LogP contribution in [0, 0.1) is 29.1 Å². The van der Waals surface area contributed by atoms with E-state index in [1.54, 1.807) is 0 Å². The molecule has 2 aliphatic carbocycles. The van der Waals surface area contributed by atoms with E-state index in [0.29, 0.717) is 0 Å². The van der Waals surface area contributed by atoms with Gasteiger partial charge in [-0.3, -0.25) is 4.79 Å². The Morgan fingerprint density at radius 2 is 2.00 bits per heavy atom. The zero-order valence-corrected chi connectivity index (χ0v) is 8.38. The Hall–Kier alpha value is -0.980. The minimum atomic E-state index is -2.67. The molecule has 0 aromatic rings. The number of halogens is 2. The van der Waals surface area contributed by atoms with E-state index in [1.165, 1.54) is 0 Å². The lowest BCUT2D eigenvalue weighted by molar-refractivity contribution is -0.152.